The average Bonchev–Trinajstić information content (AvgIpc) is 3.04. The molecule has 44 heavy (non-hydrogen) atoms. The topological polar surface area (TPSA) is 42.3 Å². The van der Waals surface area contributed by atoms with Gasteiger partial charge < -0.3 is 16.0 Å². The molecule has 0 bridgehead atoms. The third kappa shape index (κ3) is 13.6. The van der Waals surface area contributed by atoms with E-state index in [4.69, 9.17) is 0 Å². The molecule has 3 nitrogen and oxygen atoms in total. The molecule has 0 saturated carbocycles. The second-order valence-corrected chi connectivity index (χ2v) is 13.1. The predicted octanol–water partition coefficient (Wildman–Crippen LogP) is 9.42. The van der Waals surface area contributed by atoms with Crippen LogP contribution in [-0.2, 0) is 23.2 Å². The minimum atomic E-state index is -0.877. The van der Waals surface area contributed by atoms with E-state index < -0.39 is 7.92 Å². The van der Waals surface area contributed by atoms with Crippen molar-refractivity contribution in [2.45, 2.75) is 52.4 Å². The number of hydrogen-bond acceptors (Lipinski definition) is 0. The Kier molecular flexibility index (Phi) is 18.0. The maximum Gasteiger partial charge on any atom is 0.102 e. The Bertz CT molecular complexity index is 1250. The first kappa shape index (κ1) is 36.9. The van der Waals surface area contributed by atoms with Gasteiger partial charge in [-0.1, -0.05) is 119 Å². The van der Waals surface area contributed by atoms with Gasteiger partial charge in [0.25, 0.3) is 0 Å². The van der Waals surface area contributed by atoms with Crippen LogP contribution >= 0.6 is 7.92 Å². The van der Waals surface area contributed by atoms with Gasteiger partial charge in [-0.05, 0) is 36.4 Å². The third-order valence-corrected chi connectivity index (χ3v) is 9.10. The summed E-state index contributed by atoms with van der Waals surface area (Å²) in [5.41, 5.74) is 2.26. The van der Waals surface area contributed by atoms with E-state index in [2.05, 4.69) is 147 Å². The number of nitrogens with zero attached hydrogens (tertiary/aromatic N) is 3. The second-order valence-electron chi connectivity index (χ2n) is 10.6. The maximum absolute atomic E-state index is 4.68. The molecule has 5 aromatic carbocycles. The van der Waals surface area contributed by atoms with E-state index in [0.717, 1.165) is 12.1 Å². The molecular formula is C39H45CoN3P-3. The molecule has 1 radical (unpaired) electrons. The molecule has 5 rings (SSSR count). The van der Waals surface area contributed by atoms with E-state index in [0.29, 0.717) is 12.1 Å². The van der Waals surface area contributed by atoms with E-state index in [1.807, 2.05) is 55.6 Å². The zero-order valence-electron chi connectivity index (χ0n) is 26.5. The Balaban J connectivity index is 0.000000254. The van der Waals surface area contributed by atoms with Crippen molar-refractivity contribution in [2.24, 2.45) is 0 Å². The Morgan fingerprint density at radius 3 is 1.27 bits per heavy atom. The molecular weight excluding hydrogens is 600 g/mol. The van der Waals surface area contributed by atoms with Gasteiger partial charge in [-0.2, -0.15) is 36.4 Å². The fourth-order valence-electron chi connectivity index (χ4n) is 4.59. The van der Waals surface area contributed by atoms with Gasteiger partial charge in [0, 0.05) is 16.8 Å². The predicted molar refractivity (Wildman–Crippen MR) is 192 cm³/mol. The Labute approximate surface area is 277 Å². The van der Waals surface area contributed by atoms with E-state index in [1.165, 1.54) is 21.5 Å². The summed E-state index contributed by atoms with van der Waals surface area (Å²) in [4.78, 5) is 0. The van der Waals surface area contributed by atoms with Gasteiger partial charge in [-0.3, -0.25) is 0 Å². The summed E-state index contributed by atoms with van der Waals surface area (Å²) in [7, 11) is 0.949. The van der Waals surface area contributed by atoms with Crippen LogP contribution in [0.3, 0.4) is 0 Å². The minimum Gasteiger partial charge on any atom is -0.687 e. The van der Waals surface area contributed by atoms with Gasteiger partial charge in [0.15, 0.2) is 0 Å². The monoisotopic (exact) mass is 645 g/mol. The normalized spacial score (nSPS) is 10.4. The number of hydrogen-bond donors (Lipinski definition) is 0. The van der Waals surface area contributed by atoms with Crippen molar-refractivity contribution in [2.75, 3.05) is 7.05 Å². The van der Waals surface area contributed by atoms with Crippen LogP contribution in [0.2, 0.25) is 0 Å². The molecule has 0 heterocycles. The zero-order valence-corrected chi connectivity index (χ0v) is 28.5. The van der Waals surface area contributed by atoms with Gasteiger partial charge in [0.05, 0.1) is 7.92 Å². The van der Waals surface area contributed by atoms with Crippen LogP contribution in [0.25, 0.3) is 16.0 Å². The van der Waals surface area contributed by atoms with Crippen molar-refractivity contribution in [1.82, 2.24) is 0 Å². The number of para-hydroxylation sites is 1. The van der Waals surface area contributed by atoms with Crippen LogP contribution < -0.4 is 15.9 Å². The van der Waals surface area contributed by atoms with Crippen LogP contribution in [0.15, 0.2) is 146 Å². The largest absolute Gasteiger partial charge is 0.687 e. The molecule has 0 aliphatic carbocycles. The first-order valence-corrected chi connectivity index (χ1v) is 16.5. The molecule has 0 saturated heterocycles. The molecule has 233 valence electrons. The first-order valence-electron chi connectivity index (χ1n) is 15.0. The molecule has 0 amide bonds. The van der Waals surface area contributed by atoms with Gasteiger partial charge in [0.1, 0.15) is 15.9 Å². The van der Waals surface area contributed by atoms with Crippen LogP contribution in [0.4, 0.5) is 5.69 Å². The van der Waals surface area contributed by atoms with Crippen LogP contribution in [0, 0.1) is 6.07 Å². The summed E-state index contributed by atoms with van der Waals surface area (Å²) in [6.45, 7) is 8.38. The molecule has 0 fully saturated rings. The van der Waals surface area contributed by atoms with Crippen molar-refractivity contribution in [3.63, 3.8) is 0 Å². The second kappa shape index (κ2) is 21.5. The van der Waals surface area contributed by atoms with Crippen molar-refractivity contribution in [1.29, 1.82) is 0 Å². The van der Waals surface area contributed by atoms with Gasteiger partial charge in [0.2, 0.25) is 0 Å². The van der Waals surface area contributed by atoms with Crippen LogP contribution in [0.1, 0.15) is 33.3 Å². The molecule has 0 aliphatic rings. The quantitative estimate of drug-likeness (QED) is 0.107. The van der Waals surface area contributed by atoms with Crippen molar-refractivity contribution < 1.29 is 16.8 Å². The van der Waals surface area contributed by atoms with Crippen LogP contribution in [0.5, 0.6) is 0 Å². The minimum absolute atomic E-state index is 0. The SMILES string of the molecule is C[N-]c1ccccc1CC([N-]C(C)C)[N-]C(C)C.[Co].[c-]1ccccc1.c1ccc([PH+](c2ccccc2)c2ccccc2)cc1. The molecule has 0 unspecified atom stereocenters. The molecule has 0 atom stereocenters. The fourth-order valence-corrected chi connectivity index (χ4v) is 7.16. The van der Waals surface area contributed by atoms with Crippen LogP contribution in [-0.4, -0.2) is 25.3 Å². The van der Waals surface area contributed by atoms with E-state index >= 15 is 0 Å². The Morgan fingerprint density at radius 2 is 0.932 bits per heavy atom. The molecule has 5 heteroatoms. The summed E-state index contributed by atoms with van der Waals surface area (Å²) in [6, 6.07) is 53.8. The van der Waals surface area contributed by atoms with E-state index in [1.54, 1.807) is 0 Å². The smallest absolute Gasteiger partial charge is 0.102 e. The van der Waals surface area contributed by atoms with Gasteiger partial charge in [-0.15, -0.1) is 24.8 Å². The molecule has 0 aromatic heterocycles. The summed E-state index contributed by atoms with van der Waals surface area (Å²) in [5, 5.41) is 18.0. The first-order chi connectivity index (χ1) is 21.0. The third-order valence-electron chi connectivity index (χ3n) is 6.37. The van der Waals surface area contributed by atoms with Gasteiger partial charge in [-0.25, -0.2) is 6.17 Å². The maximum atomic E-state index is 4.68. The molecule has 0 aliphatic heterocycles. The average molecular weight is 646 g/mol. The summed E-state index contributed by atoms with van der Waals surface area (Å²) < 4.78 is 0. The number of benzene rings is 5. The molecule has 0 N–H and O–H groups in total. The van der Waals surface area contributed by atoms with E-state index in [9.17, 15) is 0 Å². The van der Waals surface area contributed by atoms with Gasteiger partial charge >= 0.3 is 0 Å². The summed E-state index contributed by atoms with van der Waals surface area (Å²) >= 11 is 0. The van der Waals surface area contributed by atoms with Crippen molar-refractivity contribution in [3.05, 3.63) is 173 Å². The molecule has 0 spiro atoms. The van der Waals surface area contributed by atoms with Crippen molar-refractivity contribution >= 4 is 29.5 Å². The molecule has 5 aromatic rings. The van der Waals surface area contributed by atoms with Crippen molar-refractivity contribution in [3.8, 4) is 0 Å². The zero-order chi connectivity index (χ0) is 30.7. The standard InChI is InChI=1S/C18H15P.C15H24N3.C6H5.Co/c1-4-10-16(11-5-1)19(17-12-6-2-7-13-17)18-14-8-3-9-15-18;1-11(2)17-15(18-12(3)4)10-13-8-6-7-9-14(13)16-5;1-2-4-6-5-3-1;/h1-15H;6-9,11-12,15H,10H2,1-5H3;1-5H;/q;-3;-1;/p+1. The summed E-state index contributed by atoms with van der Waals surface area (Å²) in [6.07, 6.45) is 0.872. The summed E-state index contributed by atoms with van der Waals surface area (Å²) in [5.74, 6) is 0. The fraction of sp³-hybridized carbons (Fsp3) is 0.231. The Morgan fingerprint density at radius 1 is 0.545 bits per heavy atom. The number of rotatable bonds is 10. The van der Waals surface area contributed by atoms with E-state index in [-0.39, 0.29) is 22.9 Å². The Hall–Kier alpha value is -3.24.